The molecule has 0 saturated carbocycles. The average molecular weight is 291 g/mol. The van der Waals surface area contributed by atoms with Crippen LogP contribution < -0.4 is 10.0 Å². The summed E-state index contributed by atoms with van der Waals surface area (Å²) < 4.78 is 26.1. The summed E-state index contributed by atoms with van der Waals surface area (Å²) in [4.78, 5) is 4.25. The van der Waals surface area contributed by atoms with E-state index < -0.39 is 10.0 Å². The van der Waals surface area contributed by atoms with Gasteiger partial charge in [0.1, 0.15) is 0 Å². The number of hydrogen-bond donors (Lipinski definition) is 2. The third-order valence-electron chi connectivity index (χ3n) is 2.37. The molecule has 0 fully saturated rings. The summed E-state index contributed by atoms with van der Waals surface area (Å²) in [7, 11) is -3.27. The molecule has 104 valence electrons. The topological polar surface area (TPSA) is 71.1 Å². The van der Waals surface area contributed by atoms with Crippen LogP contribution in [0.25, 0.3) is 0 Å². The zero-order valence-corrected chi connectivity index (χ0v) is 12.7. The highest BCUT2D eigenvalue weighted by Gasteiger charge is 2.13. The Kier molecular flexibility index (Phi) is 6.04. The van der Waals surface area contributed by atoms with E-state index in [1.54, 1.807) is 0 Å². The molecule has 0 aliphatic rings. The molecule has 0 aliphatic heterocycles. The van der Waals surface area contributed by atoms with Crippen LogP contribution in [-0.2, 0) is 10.0 Å². The van der Waals surface area contributed by atoms with Crippen molar-refractivity contribution in [3.8, 4) is 0 Å². The molecule has 1 aromatic heterocycles. The van der Waals surface area contributed by atoms with Crippen molar-refractivity contribution in [1.29, 1.82) is 0 Å². The second-order valence-corrected chi connectivity index (χ2v) is 7.06. The third kappa shape index (κ3) is 5.32. The lowest BCUT2D eigenvalue weighted by atomic mass is 10.2. The van der Waals surface area contributed by atoms with Crippen molar-refractivity contribution in [2.24, 2.45) is 0 Å². The zero-order chi connectivity index (χ0) is 13.6. The van der Waals surface area contributed by atoms with Crippen molar-refractivity contribution in [1.82, 2.24) is 10.3 Å². The van der Waals surface area contributed by atoms with Crippen LogP contribution in [0.3, 0.4) is 0 Å². The van der Waals surface area contributed by atoms with Gasteiger partial charge in [-0.2, -0.15) is 0 Å². The molecular weight excluding hydrogens is 270 g/mol. The van der Waals surface area contributed by atoms with Gasteiger partial charge >= 0.3 is 0 Å². The molecule has 5 nitrogen and oxygen atoms in total. The SMILES string of the molecule is CCNCCCS(=O)(=O)Nc1nc(C(C)C)cs1. The molecule has 0 radical (unpaired) electrons. The predicted molar refractivity (Wildman–Crippen MR) is 76.8 cm³/mol. The molecule has 1 rings (SSSR count). The number of anilines is 1. The number of aromatic nitrogens is 1. The van der Waals surface area contributed by atoms with Crippen LogP contribution >= 0.6 is 11.3 Å². The number of rotatable bonds is 8. The van der Waals surface area contributed by atoms with Crippen molar-refractivity contribution < 1.29 is 8.42 Å². The van der Waals surface area contributed by atoms with Crippen LogP contribution in [0.1, 0.15) is 38.8 Å². The molecule has 1 aromatic rings. The standard InChI is InChI=1S/C11H21N3O2S2/c1-4-12-6-5-7-18(15,16)14-11-13-10(8-17-11)9(2)3/h8-9,12H,4-7H2,1-3H3,(H,13,14). The summed E-state index contributed by atoms with van der Waals surface area (Å²) in [5, 5.41) is 5.45. The fourth-order valence-corrected chi connectivity index (χ4v) is 3.57. The molecule has 2 N–H and O–H groups in total. The number of nitrogens with one attached hydrogen (secondary N) is 2. The van der Waals surface area contributed by atoms with E-state index in [4.69, 9.17) is 0 Å². The lowest BCUT2D eigenvalue weighted by Gasteiger charge is -2.05. The van der Waals surface area contributed by atoms with Gasteiger partial charge in [0.15, 0.2) is 5.13 Å². The van der Waals surface area contributed by atoms with Gasteiger partial charge in [0.05, 0.1) is 11.4 Å². The van der Waals surface area contributed by atoms with Gasteiger partial charge < -0.3 is 5.32 Å². The van der Waals surface area contributed by atoms with Crippen molar-refractivity contribution in [3.63, 3.8) is 0 Å². The van der Waals surface area contributed by atoms with Gasteiger partial charge in [-0.3, -0.25) is 4.72 Å². The molecule has 0 saturated heterocycles. The van der Waals surface area contributed by atoms with Crippen LogP contribution in [0.2, 0.25) is 0 Å². The maximum Gasteiger partial charge on any atom is 0.234 e. The van der Waals surface area contributed by atoms with Crippen molar-refractivity contribution in [2.75, 3.05) is 23.6 Å². The summed E-state index contributed by atoms with van der Waals surface area (Å²) in [6.07, 6.45) is 0.603. The average Bonchev–Trinajstić information content (AvgIpc) is 2.72. The van der Waals surface area contributed by atoms with Crippen molar-refractivity contribution in [2.45, 2.75) is 33.1 Å². The molecular formula is C11H21N3O2S2. The van der Waals surface area contributed by atoms with E-state index in [1.807, 2.05) is 26.2 Å². The van der Waals surface area contributed by atoms with Gasteiger partial charge in [0, 0.05) is 5.38 Å². The molecule has 0 spiro atoms. The Balaban J connectivity index is 2.48. The Morgan fingerprint density at radius 3 is 2.72 bits per heavy atom. The third-order valence-corrected chi connectivity index (χ3v) is 4.61. The molecule has 0 bridgehead atoms. The van der Waals surface area contributed by atoms with E-state index in [2.05, 4.69) is 15.0 Å². The van der Waals surface area contributed by atoms with Crippen LogP contribution in [0.5, 0.6) is 0 Å². The maximum absolute atomic E-state index is 11.8. The Morgan fingerprint density at radius 2 is 2.17 bits per heavy atom. The van der Waals surface area contributed by atoms with Crippen molar-refractivity contribution >= 4 is 26.5 Å². The Bertz CT molecular complexity index is 455. The van der Waals surface area contributed by atoms with E-state index in [1.165, 1.54) is 11.3 Å². The smallest absolute Gasteiger partial charge is 0.234 e. The summed E-state index contributed by atoms with van der Waals surface area (Å²) in [5.41, 5.74) is 0.922. The second kappa shape index (κ2) is 7.06. The van der Waals surface area contributed by atoms with E-state index in [0.29, 0.717) is 24.0 Å². The summed E-state index contributed by atoms with van der Waals surface area (Å²) in [5.74, 6) is 0.435. The Labute approximate surface area is 113 Å². The van der Waals surface area contributed by atoms with Gasteiger partial charge in [-0.1, -0.05) is 20.8 Å². The molecule has 1 heterocycles. The van der Waals surface area contributed by atoms with Gasteiger partial charge in [0.2, 0.25) is 10.0 Å². The summed E-state index contributed by atoms with van der Waals surface area (Å²) in [6.45, 7) is 7.63. The number of hydrogen-bond acceptors (Lipinski definition) is 5. The lowest BCUT2D eigenvalue weighted by molar-refractivity contribution is 0.595. The second-order valence-electron chi connectivity index (χ2n) is 4.36. The Hall–Kier alpha value is -0.660. The van der Waals surface area contributed by atoms with Gasteiger partial charge in [0.25, 0.3) is 0 Å². The van der Waals surface area contributed by atoms with E-state index in [-0.39, 0.29) is 5.75 Å². The predicted octanol–water partition coefficient (Wildman–Crippen LogP) is 2.01. The van der Waals surface area contributed by atoms with Gasteiger partial charge in [-0.05, 0) is 25.4 Å². The van der Waals surface area contributed by atoms with E-state index >= 15 is 0 Å². The van der Waals surface area contributed by atoms with Gasteiger partial charge in [-0.25, -0.2) is 13.4 Å². The number of thiazole rings is 1. The Morgan fingerprint density at radius 1 is 1.44 bits per heavy atom. The van der Waals surface area contributed by atoms with Crippen LogP contribution in [0.4, 0.5) is 5.13 Å². The first kappa shape index (κ1) is 15.4. The minimum Gasteiger partial charge on any atom is -0.317 e. The van der Waals surface area contributed by atoms with Crippen LogP contribution in [0.15, 0.2) is 5.38 Å². The minimum atomic E-state index is -3.27. The first-order valence-corrected chi connectivity index (χ1v) is 8.64. The van der Waals surface area contributed by atoms with Gasteiger partial charge in [-0.15, -0.1) is 11.3 Å². The minimum absolute atomic E-state index is 0.122. The van der Waals surface area contributed by atoms with Crippen molar-refractivity contribution in [3.05, 3.63) is 11.1 Å². The molecule has 0 aromatic carbocycles. The highest BCUT2D eigenvalue weighted by molar-refractivity contribution is 7.92. The molecule has 0 unspecified atom stereocenters. The number of sulfonamides is 1. The fraction of sp³-hybridized carbons (Fsp3) is 0.727. The molecule has 18 heavy (non-hydrogen) atoms. The largest absolute Gasteiger partial charge is 0.317 e. The quantitative estimate of drug-likeness (QED) is 0.719. The monoisotopic (exact) mass is 291 g/mol. The maximum atomic E-state index is 11.8. The number of nitrogens with zero attached hydrogens (tertiary/aromatic N) is 1. The van der Waals surface area contributed by atoms with E-state index in [9.17, 15) is 8.42 Å². The first-order chi connectivity index (χ1) is 8.44. The fourth-order valence-electron chi connectivity index (χ4n) is 1.35. The lowest BCUT2D eigenvalue weighted by Crippen LogP contribution is -2.21. The summed E-state index contributed by atoms with van der Waals surface area (Å²) >= 11 is 1.33. The zero-order valence-electron chi connectivity index (χ0n) is 11.1. The molecule has 7 heteroatoms. The highest BCUT2D eigenvalue weighted by atomic mass is 32.2. The molecule has 0 atom stereocenters. The van der Waals surface area contributed by atoms with Crippen LogP contribution in [0, 0.1) is 0 Å². The molecule has 0 amide bonds. The highest BCUT2D eigenvalue weighted by Crippen LogP contribution is 2.22. The van der Waals surface area contributed by atoms with Crippen LogP contribution in [-0.4, -0.2) is 32.2 Å². The normalized spacial score (nSPS) is 12.0. The molecule has 0 aliphatic carbocycles. The van der Waals surface area contributed by atoms with E-state index in [0.717, 1.165) is 12.2 Å². The first-order valence-electron chi connectivity index (χ1n) is 6.11. The summed E-state index contributed by atoms with van der Waals surface area (Å²) in [6, 6.07) is 0.